The molecule has 4 atom stereocenters. The Bertz CT molecular complexity index is 770. The standard InChI is InChI=1S/C23H38N4O4/c1-14-11-15(12-17(19(14)24-8)26-20(28)30-22(2,3)4)16-9-10-25-13-18(16)27-21(29)31-23(5,6)7/h9-10,13-15,17,19,24H,11-12H2,1-8H3,(H,26,28)(H,27,29). The Morgan fingerprint density at radius 1 is 1.03 bits per heavy atom. The zero-order chi connectivity index (χ0) is 23.4. The number of carbonyl (C=O) groups is 2. The van der Waals surface area contributed by atoms with E-state index in [2.05, 4.69) is 27.9 Å². The molecule has 4 unspecified atom stereocenters. The normalized spacial score (nSPS) is 24.3. The third-order valence-corrected chi connectivity index (χ3v) is 5.21. The number of nitrogens with one attached hydrogen (secondary N) is 3. The summed E-state index contributed by atoms with van der Waals surface area (Å²) < 4.78 is 10.9. The Morgan fingerprint density at radius 2 is 1.65 bits per heavy atom. The number of carbonyl (C=O) groups excluding carboxylic acids is 2. The van der Waals surface area contributed by atoms with Crippen LogP contribution >= 0.6 is 0 Å². The average Bonchev–Trinajstić information content (AvgIpc) is 2.58. The van der Waals surface area contributed by atoms with Crippen molar-refractivity contribution in [3.05, 3.63) is 24.0 Å². The van der Waals surface area contributed by atoms with E-state index in [1.807, 2.05) is 54.7 Å². The Balaban J connectivity index is 2.21. The molecule has 2 amide bonds. The number of alkyl carbamates (subject to hydrolysis) is 1. The maximum atomic E-state index is 12.4. The molecule has 1 aromatic rings. The second-order valence-corrected chi connectivity index (χ2v) is 10.3. The van der Waals surface area contributed by atoms with Crippen LogP contribution in [-0.4, -0.2) is 47.5 Å². The van der Waals surface area contributed by atoms with E-state index in [1.165, 1.54) is 0 Å². The minimum Gasteiger partial charge on any atom is -0.444 e. The van der Waals surface area contributed by atoms with Gasteiger partial charge in [-0.15, -0.1) is 0 Å². The fourth-order valence-corrected chi connectivity index (χ4v) is 4.17. The lowest BCUT2D eigenvalue weighted by Gasteiger charge is -2.41. The molecule has 2 rings (SSSR count). The molecule has 31 heavy (non-hydrogen) atoms. The highest BCUT2D eigenvalue weighted by Gasteiger charge is 2.37. The van der Waals surface area contributed by atoms with E-state index in [4.69, 9.17) is 9.47 Å². The van der Waals surface area contributed by atoms with Crippen LogP contribution in [0.4, 0.5) is 15.3 Å². The topological polar surface area (TPSA) is 102 Å². The highest BCUT2D eigenvalue weighted by atomic mass is 16.6. The first kappa shape index (κ1) is 24.9. The van der Waals surface area contributed by atoms with Gasteiger partial charge in [0.05, 0.1) is 11.9 Å². The number of hydrogen-bond donors (Lipinski definition) is 3. The molecule has 1 aromatic heterocycles. The van der Waals surface area contributed by atoms with Crippen molar-refractivity contribution in [1.82, 2.24) is 15.6 Å². The van der Waals surface area contributed by atoms with Gasteiger partial charge in [0, 0.05) is 18.3 Å². The second kappa shape index (κ2) is 9.85. The number of hydrogen-bond acceptors (Lipinski definition) is 6. The Labute approximate surface area is 185 Å². The van der Waals surface area contributed by atoms with Gasteiger partial charge in [0.2, 0.25) is 0 Å². The van der Waals surface area contributed by atoms with Crippen molar-refractivity contribution in [2.45, 2.75) is 90.5 Å². The van der Waals surface area contributed by atoms with E-state index < -0.39 is 23.4 Å². The van der Waals surface area contributed by atoms with Gasteiger partial charge in [-0.1, -0.05) is 6.92 Å². The quantitative estimate of drug-likeness (QED) is 0.648. The molecule has 8 heteroatoms. The van der Waals surface area contributed by atoms with Crippen LogP contribution in [0.15, 0.2) is 18.5 Å². The summed E-state index contributed by atoms with van der Waals surface area (Å²) in [5, 5.41) is 9.23. The van der Waals surface area contributed by atoms with Crippen LogP contribution in [0.1, 0.15) is 72.8 Å². The van der Waals surface area contributed by atoms with E-state index in [-0.39, 0.29) is 18.0 Å². The molecule has 8 nitrogen and oxygen atoms in total. The Kier molecular flexibility index (Phi) is 7.92. The van der Waals surface area contributed by atoms with Crippen LogP contribution in [0.2, 0.25) is 0 Å². The highest BCUT2D eigenvalue weighted by molar-refractivity contribution is 5.85. The fraction of sp³-hybridized carbons (Fsp3) is 0.696. The van der Waals surface area contributed by atoms with Gasteiger partial charge in [-0.3, -0.25) is 10.3 Å². The first-order valence-corrected chi connectivity index (χ1v) is 10.9. The molecular formula is C23H38N4O4. The summed E-state index contributed by atoms with van der Waals surface area (Å²) in [6.07, 6.45) is 4.05. The van der Waals surface area contributed by atoms with E-state index in [0.29, 0.717) is 18.0 Å². The number of pyridine rings is 1. The molecule has 1 saturated carbocycles. The lowest BCUT2D eigenvalue weighted by atomic mass is 9.73. The van der Waals surface area contributed by atoms with Gasteiger partial charge in [0.15, 0.2) is 0 Å². The molecule has 0 radical (unpaired) electrons. The van der Waals surface area contributed by atoms with Gasteiger partial charge in [-0.05, 0) is 84.9 Å². The number of anilines is 1. The summed E-state index contributed by atoms with van der Waals surface area (Å²) in [5.74, 6) is 0.429. The lowest BCUT2D eigenvalue weighted by molar-refractivity contribution is 0.0462. The van der Waals surface area contributed by atoms with Gasteiger partial charge < -0.3 is 20.1 Å². The number of amides is 2. The van der Waals surface area contributed by atoms with Crippen molar-refractivity contribution < 1.29 is 19.1 Å². The zero-order valence-corrected chi connectivity index (χ0v) is 20.0. The minimum absolute atomic E-state index is 0.115. The summed E-state index contributed by atoms with van der Waals surface area (Å²) in [4.78, 5) is 28.9. The molecule has 3 N–H and O–H groups in total. The number of likely N-dealkylation sites (N-methyl/N-ethyl adjacent to an activating group) is 1. The first-order chi connectivity index (χ1) is 14.3. The Hall–Kier alpha value is -2.35. The van der Waals surface area contributed by atoms with Crippen molar-refractivity contribution >= 4 is 17.9 Å². The molecular weight excluding hydrogens is 396 g/mol. The molecule has 174 valence electrons. The SMILES string of the molecule is CNC1C(C)CC(c2ccncc2NC(=O)OC(C)(C)C)CC1NC(=O)OC(C)(C)C. The molecule has 1 heterocycles. The number of aromatic nitrogens is 1. The van der Waals surface area contributed by atoms with Crippen LogP contribution in [0, 0.1) is 5.92 Å². The van der Waals surface area contributed by atoms with E-state index in [1.54, 1.807) is 12.4 Å². The minimum atomic E-state index is -0.589. The monoisotopic (exact) mass is 434 g/mol. The average molecular weight is 435 g/mol. The van der Waals surface area contributed by atoms with Crippen molar-refractivity contribution in [2.24, 2.45) is 5.92 Å². The molecule has 0 saturated heterocycles. The van der Waals surface area contributed by atoms with E-state index >= 15 is 0 Å². The van der Waals surface area contributed by atoms with Crippen molar-refractivity contribution in [3.63, 3.8) is 0 Å². The maximum absolute atomic E-state index is 12.4. The van der Waals surface area contributed by atoms with Crippen molar-refractivity contribution in [1.29, 1.82) is 0 Å². The van der Waals surface area contributed by atoms with Crippen LogP contribution in [0.3, 0.4) is 0 Å². The third kappa shape index (κ3) is 7.69. The number of rotatable bonds is 4. The number of ether oxygens (including phenoxy) is 2. The predicted octanol–water partition coefficient (Wildman–Crippen LogP) is 4.42. The molecule has 0 bridgehead atoms. The molecule has 0 aliphatic heterocycles. The summed E-state index contributed by atoms with van der Waals surface area (Å²) in [6, 6.07) is 1.93. The van der Waals surface area contributed by atoms with E-state index in [9.17, 15) is 9.59 Å². The van der Waals surface area contributed by atoms with Crippen LogP contribution in [0.5, 0.6) is 0 Å². The number of nitrogens with zero attached hydrogens (tertiary/aromatic N) is 1. The van der Waals surface area contributed by atoms with E-state index in [0.717, 1.165) is 12.0 Å². The molecule has 1 fully saturated rings. The molecule has 1 aliphatic rings. The smallest absolute Gasteiger partial charge is 0.412 e. The second-order valence-electron chi connectivity index (χ2n) is 10.3. The summed E-state index contributed by atoms with van der Waals surface area (Å²) in [5.41, 5.74) is 0.467. The summed E-state index contributed by atoms with van der Waals surface area (Å²) in [7, 11) is 1.91. The van der Waals surface area contributed by atoms with Crippen molar-refractivity contribution in [3.8, 4) is 0 Å². The Morgan fingerprint density at radius 3 is 2.23 bits per heavy atom. The van der Waals surface area contributed by atoms with Gasteiger partial charge in [-0.2, -0.15) is 0 Å². The largest absolute Gasteiger partial charge is 0.444 e. The van der Waals surface area contributed by atoms with Crippen molar-refractivity contribution in [2.75, 3.05) is 12.4 Å². The zero-order valence-electron chi connectivity index (χ0n) is 20.0. The van der Waals surface area contributed by atoms with Gasteiger partial charge >= 0.3 is 12.2 Å². The van der Waals surface area contributed by atoms with Gasteiger partial charge in [0.1, 0.15) is 11.2 Å². The first-order valence-electron chi connectivity index (χ1n) is 10.9. The highest BCUT2D eigenvalue weighted by Crippen LogP contribution is 2.39. The maximum Gasteiger partial charge on any atom is 0.412 e. The molecule has 0 spiro atoms. The lowest BCUT2D eigenvalue weighted by Crippen LogP contribution is -2.56. The fourth-order valence-electron chi connectivity index (χ4n) is 4.17. The van der Waals surface area contributed by atoms with Crippen LogP contribution < -0.4 is 16.0 Å². The summed E-state index contributed by atoms with van der Waals surface area (Å²) >= 11 is 0. The third-order valence-electron chi connectivity index (χ3n) is 5.21. The summed E-state index contributed by atoms with van der Waals surface area (Å²) in [6.45, 7) is 13.2. The van der Waals surface area contributed by atoms with Gasteiger partial charge in [-0.25, -0.2) is 9.59 Å². The van der Waals surface area contributed by atoms with Crippen LogP contribution in [-0.2, 0) is 9.47 Å². The van der Waals surface area contributed by atoms with Gasteiger partial charge in [0.25, 0.3) is 0 Å². The molecule has 0 aromatic carbocycles. The predicted molar refractivity (Wildman–Crippen MR) is 121 cm³/mol. The van der Waals surface area contributed by atoms with Crippen LogP contribution in [0.25, 0.3) is 0 Å². The molecule has 1 aliphatic carbocycles.